The highest BCUT2D eigenvalue weighted by Gasteiger charge is 2.32. The van der Waals surface area contributed by atoms with Crippen LogP contribution >= 0.6 is 12.2 Å². The zero-order valence-corrected chi connectivity index (χ0v) is 13.7. The molecule has 5 nitrogen and oxygen atoms in total. The van der Waals surface area contributed by atoms with E-state index in [9.17, 15) is 8.42 Å². The molecule has 2 rings (SSSR count). The molecule has 2 atom stereocenters. The van der Waals surface area contributed by atoms with Crippen LogP contribution in [0.25, 0.3) is 0 Å². The summed E-state index contributed by atoms with van der Waals surface area (Å²) in [5.74, 6) is 0. The fourth-order valence-electron chi connectivity index (χ4n) is 2.58. The average Bonchev–Trinajstić information content (AvgIpc) is 2.46. The Kier molecular flexibility index (Phi) is 5.32. The second kappa shape index (κ2) is 6.83. The lowest BCUT2D eigenvalue weighted by atomic mass is 10.1. The zero-order valence-electron chi connectivity index (χ0n) is 12.0. The molecule has 21 heavy (non-hydrogen) atoms. The SMILES string of the molecule is CC1CCCCN1S(=O)(=O)NC(C(N)=S)c1ccccc1. The fraction of sp³-hybridized carbons (Fsp3) is 0.500. The normalized spacial score (nSPS) is 21.9. The quantitative estimate of drug-likeness (QED) is 0.808. The van der Waals surface area contributed by atoms with Crippen LogP contribution in [0.3, 0.4) is 0 Å². The minimum Gasteiger partial charge on any atom is -0.392 e. The second-order valence-corrected chi connectivity index (χ2v) is 7.45. The van der Waals surface area contributed by atoms with Crippen molar-refractivity contribution in [2.24, 2.45) is 5.73 Å². The van der Waals surface area contributed by atoms with Crippen LogP contribution in [0.2, 0.25) is 0 Å². The average molecular weight is 327 g/mol. The van der Waals surface area contributed by atoms with E-state index in [1.165, 1.54) is 4.31 Å². The summed E-state index contributed by atoms with van der Waals surface area (Å²) in [5.41, 5.74) is 6.47. The number of piperidine rings is 1. The maximum absolute atomic E-state index is 12.6. The Morgan fingerprint density at radius 3 is 2.62 bits per heavy atom. The van der Waals surface area contributed by atoms with E-state index >= 15 is 0 Å². The molecule has 1 fully saturated rings. The van der Waals surface area contributed by atoms with Gasteiger partial charge in [-0.3, -0.25) is 0 Å². The van der Waals surface area contributed by atoms with Crippen LogP contribution in [0.1, 0.15) is 37.8 Å². The lowest BCUT2D eigenvalue weighted by molar-refractivity contribution is 0.265. The maximum atomic E-state index is 12.6. The lowest BCUT2D eigenvalue weighted by Crippen LogP contribution is -2.50. The van der Waals surface area contributed by atoms with Crippen molar-refractivity contribution in [2.45, 2.75) is 38.3 Å². The van der Waals surface area contributed by atoms with Gasteiger partial charge in [-0.15, -0.1) is 0 Å². The van der Waals surface area contributed by atoms with Crippen LogP contribution in [0.5, 0.6) is 0 Å². The van der Waals surface area contributed by atoms with Gasteiger partial charge in [0, 0.05) is 12.6 Å². The van der Waals surface area contributed by atoms with Crippen LogP contribution in [0, 0.1) is 0 Å². The topological polar surface area (TPSA) is 75.4 Å². The molecule has 0 aromatic heterocycles. The first-order valence-corrected chi connectivity index (χ1v) is 8.90. The molecule has 0 aliphatic carbocycles. The molecule has 1 aliphatic heterocycles. The van der Waals surface area contributed by atoms with E-state index < -0.39 is 16.3 Å². The second-order valence-electron chi connectivity index (χ2n) is 5.32. The summed E-state index contributed by atoms with van der Waals surface area (Å²) in [5, 5.41) is 0. The first-order chi connectivity index (χ1) is 9.92. The van der Waals surface area contributed by atoms with Crippen molar-refractivity contribution in [3.63, 3.8) is 0 Å². The third kappa shape index (κ3) is 4.00. The van der Waals surface area contributed by atoms with Gasteiger partial charge in [0.1, 0.15) is 0 Å². The van der Waals surface area contributed by atoms with Crippen LogP contribution in [0.15, 0.2) is 30.3 Å². The molecule has 116 valence electrons. The minimum absolute atomic E-state index is 0.000908. The molecule has 0 saturated carbocycles. The third-order valence-corrected chi connectivity index (χ3v) is 5.66. The Hall–Kier alpha value is -1.02. The van der Waals surface area contributed by atoms with Crippen molar-refractivity contribution in [3.05, 3.63) is 35.9 Å². The van der Waals surface area contributed by atoms with Gasteiger partial charge in [-0.2, -0.15) is 17.4 Å². The zero-order chi connectivity index (χ0) is 15.5. The van der Waals surface area contributed by atoms with Crippen LogP contribution < -0.4 is 10.5 Å². The van der Waals surface area contributed by atoms with Gasteiger partial charge in [0.15, 0.2) is 0 Å². The first-order valence-electron chi connectivity index (χ1n) is 7.05. The summed E-state index contributed by atoms with van der Waals surface area (Å²) in [6.07, 6.45) is 2.82. The summed E-state index contributed by atoms with van der Waals surface area (Å²) in [7, 11) is -3.61. The summed E-state index contributed by atoms with van der Waals surface area (Å²) < 4.78 is 29.3. The molecule has 0 amide bonds. The molecule has 1 aromatic rings. The van der Waals surface area contributed by atoms with Gasteiger partial charge in [0.05, 0.1) is 11.0 Å². The summed E-state index contributed by atoms with van der Waals surface area (Å²) in [6.45, 7) is 2.46. The molecule has 0 spiro atoms. The molecule has 1 saturated heterocycles. The predicted octanol–water partition coefficient (Wildman–Crippen LogP) is 1.72. The van der Waals surface area contributed by atoms with Gasteiger partial charge >= 0.3 is 0 Å². The number of hydrogen-bond donors (Lipinski definition) is 2. The van der Waals surface area contributed by atoms with Gasteiger partial charge in [-0.25, -0.2) is 0 Å². The highest BCUT2D eigenvalue weighted by molar-refractivity contribution is 7.87. The van der Waals surface area contributed by atoms with Crippen molar-refractivity contribution in [3.8, 4) is 0 Å². The van der Waals surface area contributed by atoms with Crippen molar-refractivity contribution in [2.75, 3.05) is 6.54 Å². The van der Waals surface area contributed by atoms with E-state index in [1.807, 2.05) is 37.3 Å². The Bertz CT molecular complexity index is 589. The summed E-state index contributed by atoms with van der Waals surface area (Å²) in [6, 6.07) is 8.47. The lowest BCUT2D eigenvalue weighted by Gasteiger charge is -2.33. The van der Waals surface area contributed by atoms with Crippen molar-refractivity contribution < 1.29 is 8.42 Å². The van der Waals surface area contributed by atoms with Gasteiger partial charge in [0.2, 0.25) is 0 Å². The van der Waals surface area contributed by atoms with E-state index in [-0.39, 0.29) is 11.0 Å². The molecular formula is C14H21N3O2S2. The highest BCUT2D eigenvalue weighted by atomic mass is 32.2. The van der Waals surface area contributed by atoms with E-state index in [0.717, 1.165) is 24.8 Å². The Labute approximate surface area is 131 Å². The molecule has 1 heterocycles. The van der Waals surface area contributed by atoms with Gasteiger partial charge in [-0.1, -0.05) is 49.0 Å². The predicted molar refractivity (Wildman–Crippen MR) is 88.0 cm³/mol. The molecule has 0 radical (unpaired) electrons. The summed E-state index contributed by atoms with van der Waals surface area (Å²) in [4.78, 5) is 0.120. The molecule has 3 N–H and O–H groups in total. The standard InChI is InChI=1S/C14H21N3O2S2/c1-11-7-5-6-10-17(11)21(18,19)16-13(14(15)20)12-8-3-2-4-9-12/h2-4,8-9,11,13,16H,5-7,10H2,1H3,(H2,15,20). The number of nitrogens with zero attached hydrogens (tertiary/aromatic N) is 1. The number of rotatable bonds is 5. The van der Waals surface area contributed by atoms with E-state index in [2.05, 4.69) is 4.72 Å². The van der Waals surface area contributed by atoms with E-state index in [1.54, 1.807) is 0 Å². The van der Waals surface area contributed by atoms with Crippen molar-refractivity contribution in [1.29, 1.82) is 0 Å². The fourth-order valence-corrected chi connectivity index (χ4v) is 4.50. The highest BCUT2D eigenvalue weighted by Crippen LogP contribution is 2.22. The molecule has 7 heteroatoms. The number of hydrogen-bond acceptors (Lipinski definition) is 3. The Morgan fingerprint density at radius 2 is 2.05 bits per heavy atom. The van der Waals surface area contributed by atoms with Crippen LogP contribution in [-0.4, -0.2) is 30.3 Å². The maximum Gasteiger partial charge on any atom is 0.280 e. The minimum atomic E-state index is -3.61. The van der Waals surface area contributed by atoms with Crippen LogP contribution in [0.4, 0.5) is 0 Å². The van der Waals surface area contributed by atoms with Crippen molar-refractivity contribution in [1.82, 2.24) is 9.03 Å². The Morgan fingerprint density at radius 1 is 1.38 bits per heavy atom. The number of nitrogens with one attached hydrogen (secondary N) is 1. The molecule has 1 aromatic carbocycles. The summed E-state index contributed by atoms with van der Waals surface area (Å²) >= 11 is 5.03. The number of benzene rings is 1. The molecule has 2 unspecified atom stereocenters. The van der Waals surface area contributed by atoms with Gasteiger partial charge in [0.25, 0.3) is 10.2 Å². The van der Waals surface area contributed by atoms with E-state index in [0.29, 0.717) is 6.54 Å². The molecule has 1 aliphatic rings. The van der Waals surface area contributed by atoms with Gasteiger partial charge < -0.3 is 5.73 Å². The third-order valence-electron chi connectivity index (χ3n) is 3.73. The smallest absolute Gasteiger partial charge is 0.280 e. The number of nitrogens with two attached hydrogens (primary N) is 1. The monoisotopic (exact) mass is 327 g/mol. The Balaban J connectivity index is 2.22. The molecular weight excluding hydrogens is 306 g/mol. The van der Waals surface area contributed by atoms with Crippen LogP contribution in [-0.2, 0) is 10.2 Å². The van der Waals surface area contributed by atoms with Crippen molar-refractivity contribution >= 4 is 27.4 Å². The molecule has 0 bridgehead atoms. The number of thiocarbonyl (C=S) groups is 1. The first kappa shape index (κ1) is 16.4. The van der Waals surface area contributed by atoms with Gasteiger partial charge in [-0.05, 0) is 25.3 Å². The largest absolute Gasteiger partial charge is 0.392 e. The van der Waals surface area contributed by atoms with E-state index in [4.69, 9.17) is 18.0 Å².